The highest BCUT2D eigenvalue weighted by Gasteiger charge is 2.24. The molecule has 1 fully saturated rings. The Morgan fingerprint density at radius 3 is 2.78 bits per heavy atom. The molecule has 1 aliphatic rings. The average molecular weight is 246 g/mol. The van der Waals surface area contributed by atoms with Gasteiger partial charge < -0.3 is 15.2 Å². The van der Waals surface area contributed by atoms with Crippen LogP contribution in [0.5, 0.6) is 0 Å². The van der Waals surface area contributed by atoms with Crippen molar-refractivity contribution in [2.24, 2.45) is 0 Å². The number of hydrogen-bond donors (Lipinski definition) is 2. The molecule has 2 N–H and O–H groups in total. The zero-order chi connectivity index (χ0) is 13.0. The van der Waals surface area contributed by atoms with Crippen molar-refractivity contribution < 1.29 is 9.84 Å². The van der Waals surface area contributed by atoms with E-state index in [-0.39, 0.29) is 6.10 Å². The van der Waals surface area contributed by atoms with E-state index in [9.17, 15) is 5.11 Å². The second kappa shape index (κ2) is 5.96. The van der Waals surface area contributed by atoms with E-state index in [4.69, 9.17) is 10.00 Å². The summed E-state index contributed by atoms with van der Waals surface area (Å²) in [5, 5.41) is 22.1. The van der Waals surface area contributed by atoms with Gasteiger partial charge in [-0.25, -0.2) is 0 Å². The SMILES string of the molecule is CC1OCCC1NCC(O)c1ccc(C#N)cc1. The summed E-state index contributed by atoms with van der Waals surface area (Å²) in [6.07, 6.45) is 0.644. The summed E-state index contributed by atoms with van der Waals surface area (Å²) in [6, 6.07) is 9.41. The van der Waals surface area contributed by atoms with Crippen molar-refractivity contribution in [2.45, 2.75) is 31.6 Å². The number of aliphatic hydroxyl groups is 1. The molecule has 1 heterocycles. The van der Waals surface area contributed by atoms with E-state index in [1.165, 1.54) is 0 Å². The zero-order valence-electron chi connectivity index (χ0n) is 10.5. The smallest absolute Gasteiger partial charge is 0.0991 e. The molecule has 0 aliphatic carbocycles. The van der Waals surface area contributed by atoms with Crippen molar-refractivity contribution in [3.8, 4) is 6.07 Å². The normalized spacial score (nSPS) is 24.7. The minimum absolute atomic E-state index is 0.207. The average Bonchev–Trinajstić information content (AvgIpc) is 2.81. The lowest BCUT2D eigenvalue weighted by Gasteiger charge is -2.19. The molecule has 0 radical (unpaired) electrons. The van der Waals surface area contributed by atoms with Crippen molar-refractivity contribution in [1.29, 1.82) is 5.26 Å². The third-order valence-electron chi connectivity index (χ3n) is 3.37. The first-order chi connectivity index (χ1) is 8.70. The molecule has 4 nitrogen and oxygen atoms in total. The standard InChI is InChI=1S/C14H18N2O2/c1-10-13(6-7-18-10)16-9-14(17)12-4-2-11(8-15)3-5-12/h2-5,10,13-14,16-17H,6-7,9H2,1H3. The minimum Gasteiger partial charge on any atom is -0.387 e. The number of nitriles is 1. The maximum Gasteiger partial charge on any atom is 0.0991 e. The zero-order valence-corrected chi connectivity index (χ0v) is 10.5. The number of benzene rings is 1. The van der Waals surface area contributed by atoms with E-state index < -0.39 is 6.10 Å². The quantitative estimate of drug-likeness (QED) is 0.842. The summed E-state index contributed by atoms with van der Waals surface area (Å²) < 4.78 is 5.45. The predicted molar refractivity (Wildman–Crippen MR) is 67.9 cm³/mol. The van der Waals surface area contributed by atoms with Gasteiger partial charge in [-0.15, -0.1) is 0 Å². The van der Waals surface area contributed by atoms with Gasteiger partial charge >= 0.3 is 0 Å². The van der Waals surface area contributed by atoms with Crippen LogP contribution in [0.15, 0.2) is 24.3 Å². The van der Waals surface area contributed by atoms with Crippen LogP contribution >= 0.6 is 0 Å². The Kier molecular flexibility index (Phi) is 4.32. The second-order valence-electron chi connectivity index (χ2n) is 4.63. The summed E-state index contributed by atoms with van der Waals surface area (Å²) in [5.41, 5.74) is 1.43. The lowest BCUT2D eigenvalue weighted by Crippen LogP contribution is -2.37. The molecule has 3 unspecified atom stereocenters. The van der Waals surface area contributed by atoms with Crippen LogP contribution < -0.4 is 5.32 Å². The van der Waals surface area contributed by atoms with Crippen LogP contribution in [0.25, 0.3) is 0 Å². The molecule has 0 amide bonds. The molecule has 2 rings (SSSR count). The van der Waals surface area contributed by atoms with Crippen molar-refractivity contribution in [2.75, 3.05) is 13.2 Å². The number of nitrogens with one attached hydrogen (secondary N) is 1. The lowest BCUT2D eigenvalue weighted by atomic mass is 10.1. The van der Waals surface area contributed by atoms with E-state index in [0.717, 1.165) is 18.6 Å². The molecule has 18 heavy (non-hydrogen) atoms. The lowest BCUT2D eigenvalue weighted by molar-refractivity contribution is 0.107. The molecule has 0 bridgehead atoms. The van der Waals surface area contributed by atoms with Gasteiger partial charge in [0.1, 0.15) is 0 Å². The van der Waals surface area contributed by atoms with Crippen LogP contribution in [0.4, 0.5) is 0 Å². The summed E-state index contributed by atoms with van der Waals surface area (Å²) in [5.74, 6) is 0. The molecule has 4 heteroatoms. The number of ether oxygens (including phenoxy) is 1. The maximum absolute atomic E-state index is 10.0. The van der Waals surface area contributed by atoms with Gasteiger partial charge in [-0.1, -0.05) is 12.1 Å². The molecule has 96 valence electrons. The van der Waals surface area contributed by atoms with Crippen LogP contribution in [0.3, 0.4) is 0 Å². The molecule has 1 aromatic carbocycles. The van der Waals surface area contributed by atoms with Crippen LogP contribution in [0.1, 0.15) is 30.6 Å². The Hall–Kier alpha value is -1.41. The van der Waals surface area contributed by atoms with Gasteiger partial charge in [-0.05, 0) is 31.0 Å². The van der Waals surface area contributed by atoms with Gasteiger partial charge in [-0.3, -0.25) is 0 Å². The first kappa shape index (κ1) is 13.0. The Labute approximate surface area is 107 Å². The monoisotopic (exact) mass is 246 g/mol. The fourth-order valence-corrected chi connectivity index (χ4v) is 2.16. The number of rotatable bonds is 4. The van der Waals surface area contributed by atoms with Crippen LogP contribution in [0, 0.1) is 11.3 Å². The number of aliphatic hydroxyl groups excluding tert-OH is 1. The van der Waals surface area contributed by atoms with Crippen molar-refractivity contribution in [1.82, 2.24) is 5.32 Å². The highest BCUT2D eigenvalue weighted by atomic mass is 16.5. The minimum atomic E-state index is -0.550. The van der Waals surface area contributed by atoms with Gasteiger partial charge in [0.15, 0.2) is 0 Å². The topological polar surface area (TPSA) is 65.3 Å². The second-order valence-corrected chi connectivity index (χ2v) is 4.63. The number of nitrogens with zero attached hydrogens (tertiary/aromatic N) is 1. The van der Waals surface area contributed by atoms with E-state index in [2.05, 4.69) is 11.4 Å². The largest absolute Gasteiger partial charge is 0.387 e. The molecule has 0 spiro atoms. The van der Waals surface area contributed by atoms with E-state index >= 15 is 0 Å². The van der Waals surface area contributed by atoms with Crippen molar-refractivity contribution in [3.05, 3.63) is 35.4 Å². The summed E-state index contributed by atoms with van der Waals surface area (Å²) in [6.45, 7) is 3.33. The number of hydrogen-bond acceptors (Lipinski definition) is 4. The fraction of sp³-hybridized carbons (Fsp3) is 0.500. The van der Waals surface area contributed by atoms with Crippen LogP contribution in [0.2, 0.25) is 0 Å². The molecule has 1 aromatic rings. The maximum atomic E-state index is 10.0. The molecule has 1 saturated heterocycles. The van der Waals surface area contributed by atoms with Crippen LogP contribution in [-0.2, 0) is 4.74 Å². The molecular formula is C14H18N2O2. The summed E-state index contributed by atoms with van der Waals surface area (Å²) in [7, 11) is 0. The fourth-order valence-electron chi connectivity index (χ4n) is 2.16. The first-order valence-corrected chi connectivity index (χ1v) is 6.24. The highest BCUT2D eigenvalue weighted by molar-refractivity contribution is 5.32. The summed E-state index contributed by atoms with van der Waals surface area (Å²) >= 11 is 0. The molecule has 0 saturated carbocycles. The molecular weight excluding hydrogens is 228 g/mol. The Balaban J connectivity index is 1.87. The van der Waals surface area contributed by atoms with Crippen molar-refractivity contribution >= 4 is 0 Å². The first-order valence-electron chi connectivity index (χ1n) is 6.24. The third-order valence-corrected chi connectivity index (χ3v) is 3.37. The third kappa shape index (κ3) is 3.08. The van der Waals surface area contributed by atoms with Gasteiger partial charge in [0, 0.05) is 19.2 Å². The van der Waals surface area contributed by atoms with Crippen LogP contribution in [-0.4, -0.2) is 30.4 Å². The van der Waals surface area contributed by atoms with Gasteiger partial charge in [0.25, 0.3) is 0 Å². The summed E-state index contributed by atoms with van der Waals surface area (Å²) in [4.78, 5) is 0. The van der Waals surface area contributed by atoms with E-state index in [0.29, 0.717) is 18.2 Å². The molecule has 1 aliphatic heterocycles. The molecule has 3 atom stereocenters. The Bertz CT molecular complexity index is 424. The Morgan fingerprint density at radius 1 is 1.50 bits per heavy atom. The van der Waals surface area contributed by atoms with E-state index in [1.807, 2.05) is 6.92 Å². The van der Waals surface area contributed by atoms with Gasteiger partial charge in [0.05, 0.1) is 23.8 Å². The van der Waals surface area contributed by atoms with Crippen molar-refractivity contribution in [3.63, 3.8) is 0 Å². The molecule has 0 aromatic heterocycles. The van der Waals surface area contributed by atoms with Gasteiger partial charge in [-0.2, -0.15) is 5.26 Å². The predicted octanol–water partition coefficient (Wildman–Crippen LogP) is 1.36. The van der Waals surface area contributed by atoms with Gasteiger partial charge in [0.2, 0.25) is 0 Å². The Morgan fingerprint density at radius 2 is 2.22 bits per heavy atom. The van der Waals surface area contributed by atoms with E-state index in [1.54, 1.807) is 24.3 Å². The highest BCUT2D eigenvalue weighted by Crippen LogP contribution is 2.16.